The lowest BCUT2D eigenvalue weighted by Gasteiger charge is -2.29. The van der Waals surface area contributed by atoms with Crippen LogP contribution in [0.1, 0.15) is 64.5 Å². The van der Waals surface area contributed by atoms with Gasteiger partial charge in [-0.3, -0.25) is 14.4 Å². The molecule has 1 fully saturated rings. The third-order valence-electron chi connectivity index (χ3n) is 8.85. The van der Waals surface area contributed by atoms with Crippen molar-refractivity contribution in [1.82, 2.24) is 21.3 Å². The molecular weight excluding hydrogens is 616 g/mol. The van der Waals surface area contributed by atoms with Gasteiger partial charge in [0.05, 0.1) is 19.3 Å². The summed E-state index contributed by atoms with van der Waals surface area (Å²) in [7, 11) is 1.26. The molecule has 3 rings (SSSR count). The Kier molecular flexibility index (Phi) is 14.9. The van der Waals surface area contributed by atoms with E-state index < -0.39 is 66.0 Å². The van der Waals surface area contributed by atoms with Crippen molar-refractivity contribution in [3.05, 3.63) is 71.8 Å². The molecule has 4 amide bonds. The van der Waals surface area contributed by atoms with E-state index in [0.717, 1.165) is 11.1 Å². The van der Waals surface area contributed by atoms with Crippen molar-refractivity contribution >= 4 is 29.8 Å². The van der Waals surface area contributed by atoms with E-state index in [2.05, 4.69) is 21.3 Å². The number of nitrogens with one attached hydrogen (secondary N) is 4. The van der Waals surface area contributed by atoms with Crippen LogP contribution in [0.25, 0.3) is 0 Å². The van der Waals surface area contributed by atoms with Crippen LogP contribution in [0.5, 0.6) is 0 Å². The van der Waals surface area contributed by atoms with E-state index >= 15 is 0 Å². The predicted molar refractivity (Wildman–Crippen MR) is 179 cm³/mol. The number of hydrogen-bond acceptors (Lipinski definition) is 8. The molecule has 1 saturated carbocycles. The molecule has 12 heteroatoms. The summed E-state index contributed by atoms with van der Waals surface area (Å²) in [5.74, 6) is -2.93. The fraction of sp³-hybridized carbons (Fsp3) is 0.528. The summed E-state index contributed by atoms with van der Waals surface area (Å²) < 4.78 is 10.2. The molecule has 1 aliphatic rings. The van der Waals surface area contributed by atoms with Crippen LogP contribution < -0.4 is 21.3 Å². The zero-order valence-electron chi connectivity index (χ0n) is 28.4. The van der Waals surface area contributed by atoms with Crippen molar-refractivity contribution in [3.63, 3.8) is 0 Å². The lowest BCUT2D eigenvalue weighted by atomic mass is 9.95. The van der Waals surface area contributed by atoms with Crippen LogP contribution in [0.3, 0.4) is 0 Å². The van der Waals surface area contributed by atoms with Gasteiger partial charge < -0.3 is 35.8 Å². The van der Waals surface area contributed by atoms with Gasteiger partial charge in [-0.15, -0.1) is 0 Å². The molecule has 0 bridgehead atoms. The average Bonchev–Trinajstić information content (AvgIpc) is 3.42. The fourth-order valence-corrected chi connectivity index (χ4v) is 5.78. The number of alkyl carbamates (subject to hydrolysis) is 1. The Hall–Kier alpha value is -4.45. The van der Waals surface area contributed by atoms with Crippen molar-refractivity contribution in [2.24, 2.45) is 17.8 Å². The number of hydrogen-bond donors (Lipinski definition) is 5. The van der Waals surface area contributed by atoms with Gasteiger partial charge in [-0.1, -0.05) is 94.8 Å². The SMILES string of the molecule is CC[C@H](C)[C@H](NC(=O)OCc1ccccc1)C(=O)N[C@@H](Cc1ccccc1)C(=O)NC1C(O)CCC1CC(=O)N[C@H](C(=O)OC)C(C)C. The second-order valence-corrected chi connectivity index (χ2v) is 12.8. The van der Waals surface area contributed by atoms with Gasteiger partial charge in [-0.25, -0.2) is 9.59 Å². The number of aliphatic hydroxyl groups is 1. The van der Waals surface area contributed by atoms with Crippen LogP contribution in [0, 0.1) is 17.8 Å². The van der Waals surface area contributed by atoms with Gasteiger partial charge in [0, 0.05) is 12.8 Å². The van der Waals surface area contributed by atoms with Gasteiger partial charge in [0.2, 0.25) is 17.7 Å². The number of carbonyl (C=O) groups is 5. The van der Waals surface area contributed by atoms with E-state index in [4.69, 9.17) is 9.47 Å². The lowest BCUT2D eigenvalue weighted by Crippen LogP contribution is -2.58. The molecule has 3 unspecified atom stereocenters. The normalized spacial score (nSPS) is 19.7. The number of carbonyl (C=O) groups excluding carboxylic acids is 5. The Bertz CT molecular complexity index is 1360. The van der Waals surface area contributed by atoms with Crippen LogP contribution >= 0.6 is 0 Å². The average molecular weight is 667 g/mol. The van der Waals surface area contributed by atoms with E-state index in [1.807, 2.05) is 74.5 Å². The molecule has 5 N–H and O–H groups in total. The van der Waals surface area contributed by atoms with Crippen molar-refractivity contribution < 1.29 is 38.6 Å². The number of esters is 1. The smallest absolute Gasteiger partial charge is 0.408 e. The van der Waals surface area contributed by atoms with Gasteiger partial charge in [-0.2, -0.15) is 0 Å². The zero-order valence-corrected chi connectivity index (χ0v) is 28.4. The summed E-state index contributed by atoms with van der Waals surface area (Å²) in [6, 6.07) is 14.7. The lowest BCUT2D eigenvalue weighted by molar-refractivity contribution is -0.146. The minimum Gasteiger partial charge on any atom is -0.467 e. The molecule has 1 aliphatic carbocycles. The molecule has 262 valence electrons. The van der Waals surface area contributed by atoms with Crippen LogP contribution in [0.4, 0.5) is 4.79 Å². The topological polar surface area (TPSA) is 172 Å². The van der Waals surface area contributed by atoms with Gasteiger partial charge >= 0.3 is 12.1 Å². The zero-order chi connectivity index (χ0) is 35.2. The highest BCUT2D eigenvalue weighted by molar-refractivity contribution is 5.92. The summed E-state index contributed by atoms with van der Waals surface area (Å²) in [5.41, 5.74) is 1.59. The molecule has 2 aromatic carbocycles. The number of amides is 4. The van der Waals surface area contributed by atoms with Crippen molar-refractivity contribution in [3.8, 4) is 0 Å². The molecule has 0 aliphatic heterocycles. The summed E-state index contributed by atoms with van der Waals surface area (Å²) >= 11 is 0. The first-order chi connectivity index (χ1) is 22.9. The van der Waals surface area contributed by atoms with Crippen molar-refractivity contribution in [2.75, 3.05) is 7.11 Å². The van der Waals surface area contributed by atoms with Crippen LogP contribution in [0.2, 0.25) is 0 Å². The van der Waals surface area contributed by atoms with E-state index in [1.165, 1.54) is 7.11 Å². The van der Waals surface area contributed by atoms with Crippen molar-refractivity contribution in [1.29, 1.82) is 0 Å². The van der Waals surface area contributed by atoms with Crippen molar-refractivity contribution in [2.45, 2.75) is 96.7 Å². The second kappa shape index (κ2) is 18.8. The van der Waals surface area contributed by atoms with E-state index in [1.54, 1.807) is 13.8 Å². The Morgan fingerprint density at radius 1 is 0.833 bits per heavy atom. The minimum atomic E-state index is -1.06. The molecular formula is C36H50N4O8. The molecule has 2 aromatic rings. The summed E-state index contributed by atoms with van der Waals surface area (Å²) in [4.78, 5) is 65.4. The third kappa shape index (κ3) is 11.4. The Morgan fingerprint density at radius 3 is 2.04 bits per heavy atom. The molecule has 12 nitrogen and oxygen atoms in total. The molecule has 0 radical (unpaired) electrons. The highest BCUT2D eigenvalue weighted by Crippen LogP contribution is 2.29. The standard InChI is InChI=1S/C36H50N4O8/c1-6-23(4)31(40-36(46)48-21-25-15-11-8-12-16-25)34(44)37-27(19-24-13-9-7-10-14-24)33(43)39-32-26(17-18-28(32)41)20-29(42)38-30(22(2)3)35(45)47-5/h7-16,22-23,26-28,30-32,41H,6,17-21H2,1-5H3,(H,37,44)(H,38,42)(H,39,43)(H,40,46)/t23-,26?,27-,28?,30-,31-,32?/m0/s1. The van der Waals surface area contributed by atoms with E-state index in [9.17, 15) is 29.1 Å². The Labute approximate surface area is 282 Å². The number of rotatable bonds is 16. The minimum absolute atomic E-state index is 0.0248. The monoisotopic (exact) mass is 666 g/mol. The largest absolute Gasteiger partial charge is 0.467 e. The molecule has 0 saturated heterocycles. The first-order valence-corrected chi connectivity index (χ1v) is 16.6. The van der Waals surface area contributed by atoms with Crippen LogP contribution in [-0.4, -0.2) is 72.3 Å². The second-order valence-electron chi connectivity index (χ2n) is 12.8. The van der Waals surface area contributed by atoms with Gasteiger partial charge in [0.15, 0.2) is 0 Å². The number of ether oxygens (including phenoxy) is 2. The number of methoxy groups -OCH3 is 1. The Balaban J connectivity index is 1.73. The first-order valence-electron chi connectivity index (χ1n) is 16.6. The molecule has 0 aromatic heterocycles. The number of benzene rings is 2. The first kappa shape index (κ1) is 38.0. The molecule has 0 heterocycles. The fourth-order valence-electron chi connectivity index (χ4n) is 5.78. The summed E-state index contributed by atoms with van der Waals surface area (Å²) in [6.45, 7) is 7.33. The quantitative estimate of drug-likeness (QED) is 0.170. The van der Waals surface area contributed by atoms with E-state index in [-0.39, 0.29) is 31.3 Å². The van der Waals surface area contributed by atoms with Crippen LogP contribution in [-0.2, 0) is 41.7 Å². The van der Waals surface area contributed by atoms with Gasteiger partial charge in [-0.05, 0) is 41.7 Å². The maximum absolute atomic E-state index is 13.8. The van der Waals surface area contributed by atoms with Gasteiger partial charge in [0.1, 0.15) is 24.7 Å². The Morgan fingerprint density at radius 2 is 1.46 bits per heavy atom. The summed E-state index contributed by atoms with van der Waals surface area (Å²) in [5, 5.41) is 21.9. The molecule has 7 atom stereocenters. The number of aliphatic hydroxyl groups excluding tert-OH is 1. The molecule has 0 spiro atoms. The highest BCUT2D eigenvalue weighted by atomic mass is 16.5. The van der Waals surface area contributed by atoms with Gasteiger partial charge in [0.25, 0.3) is 0 Å². The third-order valence-corrected chi connectivity index (χ3v) is 8.85. The molecule has 48 heavy (non-hydrogen) atoms. The van der Waals surface area contributed by atoms with E-state index in [0.29, 0.717) is 19.3 Å². The highest BCUT2D eigenvalue weighted by Gasteiger charge is 2.40. The predicted octanol–water partition coefficient (Wildman–Crippen LogP) is 3.01. The summed E-state index contributed by atoms with van der Waals surface area (Å²) in [6.07, 6.45) is -0.131. The van der Waals surface area contributed by atoms with Crippen LogP contribution in [0.15, 0.2) is 60.7 Å². The maximum atomic E-state index is 13.8. The maximum Gasteiger partial charge on any atom is 0.408 e.